The first kappa shape index (κ1) is 25.5. The van der Waals surface area contributed by atoms with Gasteiger partial charge in [0.15, 0.2) is 0 Å². The molecule has 2 unspecified atom stereocenters. The van der Waals surface area contributed by atoms with Crippen LogP contribution >= 0.6 is 0 Å². The number of carbonyl (C=O) groups is 3. The van der Waals surface area contributed by atoms with E-state index in [4.69, 9.17) is 4.74 Å². The first-order valence-electron chi connectivity index (χ1n) is 11.5. The number of amides is 3. The van der Waals surface area contributed by atoms with Gasteiger partial charge in [-0.1, -0.05) is 54.6 Å². The molecular weight excluding hydrogens is 442 g/mol. The van der Waals surface area contributed by atoms with Crippen molar-refractivity contribution in [1.82, 2.24) is 10.6 Å². The van der Waals surface area contributed by atoms with Crippen LogP contribution in [-0.2, 0) is 27.2 Å². The fraction of sp³-hybridized carbons (Fsp3) is 0.250. The van der Waals surface area contributed by atoms with E-state index in [1.165, 1.54) is 6.92 Å². The molecule has 0 radical (unpaired) electrons. The molecule has 3 N–H and O–H groups in total. The zero-order valence-corrected chi connectivity index (χ0v) is 20.2. The van der Waals surface area contributed by atoms with Gasteiger partial charge in [-0.25, -0.2) is 0 Å². The Morgan fingerprint density at radius 2 is 1.57 bits per heavy atom. The molecule has 0 aliphatic carbocycles. The largest absolute Gasteiger partial charge is 0.497 e. The summed E-state index contributed by atoms with van der Waals surface area (Å²) >= 11 is 0. The number of nitrogens with one attached hydrogen (secondary N) is 3. The molecule has 3 aromatic rings. The molecule has 0 fully saturated rings. The molecule has 0 saturated heterocycles. The van der Waals surface area contributed by atoms with Crippen molar-refractivity contribution in [3.8, 4) is 5.75 Å². The lowest BCUT2D eigenvalue weighted by Crippen LogP contribution is -2.49. The van der Waals surface area contributed by atoms with E-state index in [-0.39, 0.29) is 36.6 Å². The summed E-state index contributed by atoms with van der Waals surface area (Å²) in [5.74, 6) is -0.0173. The van der Waals surface area contributed by atoms with E-state index in [9.17, 15) is 14.4 Å². The van der Waals surface area contributed by atoms with Crippen LogP contribution in [0.3, 0.4) is 0 Å². The highest BCUT2D eigenvalue weighted by atomic mass is 16.5. The van der Waals surface area contributed by atoms with Crippen molar-refractivity contribution in [2.45, 2.75) is 38.8 Å². The number of hydrogen-bond acceptors (Lipinski definition) is 4. The quantitative estimate of drug-likeness (QED) is 0.417. The minimum absolute atomic E-state index is 0.133. The number of hydrogen-bond donors (Lipinski definition) is 3. The average molecular weight is 474 g/mol. The maximum Gasteiger partial charge on any atom is 0.243 e. The lowest BCUT2D eigenvalue weighted by Gasteiger charge is -2.22. The summed E-state index contributed by atoms with van der Waals surface area (Å²) in [6.07, 6.45) is 0.406. The second-order valence-electron chi connectivity index (χ2n) is 8.37. The second-order valence-corrected chi connectivity index (χ2v) is 8.37. The van der Waals surface area contributed by atoms with Crippen molar-refractivity contribution < 1.29 is 19.1 Å². The van der Waals surface area contributed by atoms with E-state index in [1.54, 1.807) is 37.4 Å². The molecule has 0 aromatic heterocycles. The van der Waals surface area contributed by atoms with Crippen LogP contribution in [0.5, 0.6) is 5.75 Å². The predicted octanol–water partition coefficient (Wildman–Crippen LogP) is 3.80. The van der Waals surface area contributed by atoms with Gasteiger partial charge in [-0.3, -0.25) is 14.4 Å². The molecule has 0 bridgehead atoms. The highest BCUT2D eigenvalue weighted by Gasteiger charge is 2.23. The number of ether oxygens (including phenoxy) is 1. The fourth-order valence-corrected chi connectivity index (χ4v) is 3.74. The molecule has 7 nitrogen and oxygen atoms in total. The molecule has 7 heteroatoms. The molecule has 0 aliphatic rings. The molecule has 0 heterocycles. The third-order valence-electron chi connectivity index (χ3n) is 5.52. The SMILES string of the molecule is COc1ccc(CC(=O)NC(Cc2cccc(NC(C)=O)c2)C(=O)NC(C)c2ccccc2)cc1. The number of carbonyl (C=O) groups excluding carboxylic acids is 3. The Morgan fingerprint density at radius 1 is 0.857 bits per heavy atom. The van der Waals surface area contributed by atoms with Crippen molar-refractivity contribution in [3.05, 3.63) is 95.6 Å². The fourth-order valence-electron chi connectivity index (χ4n) is 3.74. The second kappa shape index (κ2) is 12.4. The van der Waals surface area contributed by atoms with Gasteiger partial charge in [0.25, 0.3) is 0 Å². The van der Waals surface area contributed by atoms with Crippen LogP contribution < -0.4 is 20.7 Å². The van der Waals surface area contributed by atoms with Crippen molar-refractivity contribution in [1.29, 1.82) is 0 Å². The Labute approximate surface area is 205 Å². The average Bonchev–Trinajstić information content (AvgIpc) is 2.84. The van der Waals surface area contributed by atoms with Gasteiger partial charge < -0.3 is 20.7 Å². The van der Waals surface area contributed by atoms with Crippen molar-refractivity contribution in [3.63, 3.8) is 0 Å². The van der Waals surface area contributed by atoms with Crippen molar-refractivity contribution in [2.75, 3.05) is 12.4 Å². The van der Waals surface area contributed by atoms with Crippen molar-refractivity contribution >= 4 is 23.4 Å². The highest BCUT2D eigenvalue weighted by molar-refractivity contribution is 5.90. The van der Waals surface area contributed by atoms with E-state index < -0.39 is 6.04 Å². The molecular formula is C28H31N3O4. The summed E-state index contributed by atoms with van der Waals surface area (Å²) in [4.78, 5) is 37.5. The molecule has 35 heavy (non-hydrogen) atoms. The van der Waals surface area contributed by atoms with Crippen LogP contribution in [-0.4, -0.2) is 30.9 Å². The summed E-state index contributed by atoms with van der Waals surface area (Å²) in [7, 11) is 1.59. The Kier molecular flexibility index (Phi) is 9.01. The van der Waals surface area contributed by atoms with E-state index in [2.05, 4.69) is 16.0 Å². The van der Waals surface area contributed by atoms with Crippen LogP contribution in [0.15, 0.2) is 78.9 Å². The normalized spacial score (nSPS) is 12.2. The van der Waals surface area contributed by atoms with E-state index in [1.807, 2.05) is 55.5 Å². The van der Waals surface area contributed by atoms with Gasteiger partial charge in [0.05, 0.1) is 19.6 Å². The molecule has 3 rings (SSSR count). The maximum absolute atomic E-state index is 13.3. The van der Waals surface area contributed by atoms with Crippen LogP contribution in [0, 0.1) is 0 Å². The zero-order chi connectivity index (χ0) is 25.2. The molecule has 0 saturated carbocycles. The molecule has 3 aromatic carbocycles. The Bertz CT molecular complexity index is 1150. The minimum atomic E-state index is -0.792. The number of benzene rings is 3. The molecule has 3 amide bonds. The van der Waals surface area contributed by atoms with Crippen LogP contribution in [0.1, 0.15) is 36.6 Å². The van der Waals surface area contributed by atoms with E-state index >= 15 is 0 Å². The summed E-state index contributed by atoms with van der Waals surface area (Å²) in [5, 5.41) is 8.64. The van der Waals surface area contributed by atoms with Gasteiger partial charge in [-0.05, 0) is 47.9 Å². The number of anilines is 1. The van der Waals surface area contributed by atoms with Gasteiger partial charge in [-0.15, -0.1) is 0 Å². The van der Waals surface area contributed by atoms with Crippen molar-refractivity contribution in [2.24, 2.45) is 0 Å². The minimum Gasteiger partial charge on any atom is -0.497 e. The van der Waals surface area contributed by atoms with E-state index in [0.29, 0.717) is 11.4 Å². The number of methoxy groups -OCH3 is 1. The molecule has 0 spiro atoms. The van der Waals surface area contributed by atoms with Gasteiger partial charge in [0, 0.05) is 19.0 Å². The van der Waals surface area contributed by atoms with Gasteiger partial charge >= 0.3 is 0 Å². The molecule has 2 atom stereocenters. The third-order valence-corrected chi connectivity index (χ3v) is 5.52. The summed E-state index contributed by atoms with van der Waals surface area (Å²) < 4.78 is 5.16. The summed E-state index contributed by atoms with van der Waals surface area (Å²) in [5.41, 5.74) is 3.23. The predicted molar refractivity (Wildman–Crippen MR) is 136 cm³/mol. The molecule has 182 valence electrons. The first-order valence-corrected chi connectivity index (χ1v) is 11.5. The van der Waals surface area contributed by atoms with Crippen LogP contribution in [0.4, 0.5) is 5.69 Å². The van der Waals surface area contributed by atoms with Gasteiger partial charge in [0.1, 0.15) is 11.8 Å². The van der Waals surface area contributed by atoms with Crippen LogP contribution in [0.25, 0.3) is 0 Å². The van der Waals surface area contributed by atoms with Crippen LogP contribution in [0.2, 0.25) is 0 Å². The van der Waals surface area contributed by atoms with E-state index in [0.717, 1.165) is 16.7 Å². The monoisotopic (exact) mass is 473 g/mol. The molecule has 0 aliphatic heterocycles. The lowest BCUT2D eigenvalue weighted by molar-refractivity contribution is -0.129. The summed E-state index contributed by atoms with van der Waals surface area (Å²) in [6.45, 7) is 3.34. The Morgan fingerprint density at radius 3 is 2.23 bits per heavy atom. The van der Waals surface area contributed by atoms with Gasteiger partial charge in [0.2, 0.25) is 17.7 Å². The highest BCUT2D eigenvalue weighted by Crippen LogP contribution is 2.16. The lowest BCUT2D eigenvalue weighted by atomic mass is 10.0. The Hall–Kier alpha value is -4.13. The smallest absolute Gasteiger partial charge is 0.243 e. The zero-order valence-electron chi connectivity index (χ0n) is 20.2. The Balaban J connectivity index is 1.75. The topological polar surface area (TPSA) is 96.5 Å². The van der Waals surface area contributed by atoms with Gasteiger partial charge in [-0.2, -0.15) is 0 Å². The third kappa shape index (κ3) is 7.99. The number of rotatable bonds is 10. The maximum atomic E-state index is 13.3. The summed E-state index contributed by atoms with van der Waals surface area (Å²) in [6, 6.07) is 23.1. The standard InChI is InChI=1S/C28H31N3O4/c1-19(23-9-5-4-6-10-23)29-28(34)26(17-22-8-7-11-24(16-22)30-20(2)32)31-27(33)18-21-12-14-25(35-3)15-13-21/h4-16,19,26H,17-18H2,1-3H3,(H,29,34)(H,30,32)(H,31,33). The first-order chi connectivity index (χ1) is 16.8.